The van der Waals surface area contributed by atoms with Gasteiger partial charge in [0.2, 0.25) is 5.28 Å². The normalized spacial score (nSPS) is 10.6. The second-order valence-electron chi connectivity index (χ2n) is 4.72. The van der Waals surface area contributed by atoms with Crippen molar-refractivity contribution in [2.45, 2.75) is 26.8 Å². The SMILES string of the molecule is CCCN(Cc1ccccc1)c1nc(Cl)nc(C)c1N. The molecule has 0 saturated heterocycles. The number of halogens is 1. The van der Waals surface area contributed by atoms with E-state index >= 15 is 0 Å². The fraction of sp³-hybridized carbons (Fsp3) is 0.333. The number of nitrogen functional groups attached to an aromatic ring is 1. The van der Waals surface area contributed by atoms with Gasteiger partial charge in [-0.1, -0.05) is 37.3 Å². The van der Waals surface area contributed by atoms with Crippen molar-refractivity contribution in [2.24, 2.45) is 0 Å². The number of hydrogen-bond acceptors (Lipinski definition) is 4. The van der Waals surface area contributed by atoms with Crippen LogP contribution in [-0.2, 0) is 6.54 Å². The van der Waals surface area contributed by atoms with Crippen LogP contribution in [-0.4, -0.2) is 16.5 Å². The maximum absolute atomic E-state index is 6.11. The lowest BCUT2D eigenvalue weighted by molar-refractivity contribution is 0.753. The van der Waals surface area contributed by atoms with Gasteiger partial charge < -0.3 is 10.6 Å². The molecule has 0 unspecified atom stereocenters. The summed E-state index contributed by atoms with van der Waals surface area (Å²) in [6.45, 7) is 5.60. The Morgan fingerprint density at radius 3 is 2.55 bits per heavy atom. The molecule has 106 valence electrons. The van der Waals surface area contributed by atoms with E-state index in [0.717, 1.165) is 19.5 Å². The molecule has 1 aromatic carbocycles. The van der Waals surface area contributed by atoms with Gasteiger partial charge in [-0.15, -0.1) is 0 Å². The lowest BCUT2D eigenvalue weighted by Crippen LogP contribution is -2.26. The van der Waals surface area contributed by atoms with Crippen LogP contribution in [0.5, 0.6) is 0 Å². The van der Waals surface area contributed by atoms with Crippen molar-refractivity contribution in [2.75, 3.05) is 17.2 Å². The molecule has 20 heavy (non-hydrogen) atoms. The minimum Gasteiger partial charge on any atom is -0.394 e. The average Bonchev–Trinajstić information content (AvgIpc) is 2.43. The van der Waals surface area contributed by atoms with Crippen molar-refractivity contribution < 1.29 is 0 Å². The van der Waals surface area contributed by atoms with E-state index in [1.165, 1.54) is 5.56 Å². The molecule has 0 bridgehead atoms. The highest BCUT2D eigenvalue weighted by Crippen LogP contribution is 2.26. The molecule has 0 aliphatic carbocycles. The Kier molecular flexibility index (Phi) is 4.79. The van der Waals surface area contributed by atoms with Crippen molar-refractivity contribution in [3.63, 3.8) is 0 Å². The fourth-order valence-corrected chi connectivity index (χ4v) is 2.31. The Balaban J connectivity index is 2.33. The Labute approximate surface area is 124 Å². The first-order chi connectivity index (χ1) is 9.61. The van der Waals surface area contributed by atoms with E-state index in [1.54, 1.807) is 0 Å². The predicted molar refractivity (Wildman–Crippen MR) is 84.0 cm³/mol. The highest BCUT2D eigenvalue weighted by atomic mass is 35.5. The summed E-state index contributed by atoms with van der Waals surface area (Å²) < 4.78 is 0. The van der Waals surface area contributed by atoms with Crippen LogP contribution in [0.25, 0.3) is 0 Å². The van der Waals surface area contributed by atoms with Crippen LogP contribution in [0.2, 0.25) is 5.28 Å². The van der Waals surface area contributed by atoms with Crippen molar-refractivity contribution in [3.8, 4) is 0 Å². The average molecular weight is 291 g/mol. The maximum atomic E-state index is 6.11. The summed E-state index contributed by atoms with van der Waals surface area (Å²) in [4.78, 5) is 10.5. The second-order valence-corrected chi connectivity index (χ2v) is 5.06. The molecular weight excluding hydrogens is 272 g/mol. The zero-order valence-corrected chi connectivity index (χ0v) is 12.6. The predicted octanol–water partition coefficient (Wildman–Crippen LogP) is 3.44. The molecule has 0 amide bonds. The van der Waals surface area contributed by atoms with Gasteiger partial charge in [0.15, 0.2) is 5.82 Å². The molecule has 0 spiro atoms. The van der Waals surface area contributed by atoms with Gasteiger partial charge >= 0.3 is 0 Å². The third-order valence-corrected chi connectivity index (χ3v) is 3.27. The van der Waals surface area contributed by atoms with Crippen LogP contribution in [0.15, 0.2) is 30.3 Å². The summed E-state index contributed by atoms with van der Waals surface area (Å²) in [5.41, 5.74) is 8.64. The first kappa shape index (κ1) is 14.6. The van der Waals surface area contributed by atoms with Gasteiger partial charge in [-0.2, -0.15) is 4.98 Å². The third-order valence-electron chi connectivity index (χ3n) is 3.10. The molecule has 1 aromatic heterocycles. The Morgan fingerprint density at radius 1 is 1.20 bits per heavy atom. The maximum Gasteiger partial charge on any atom is 0.224 e. The first-order valence-electron chi connectivity index (χ1n) is 6.70. The molecule has 4 nitrogen and oxygen atoms in total. The van der Waals surface area contributed by atoms with E-state index in [2.05, 4.69) is 33.9 Å². The quantitative estimate of drug-likeness (QED) is 0.857. The molecule has 2 aromatic rings. The summed E-state index contributed by atoms with van der Waals surface area (Å²) in [5.74, 6) is 0.716. The number of anilines is 2. The van der Waals surface area contributed by atoms with Crippen molar-refractivity contribution >= 4 is 23.1 Å². The van der Waals surface area contributed by atoms with Crippen molar-refractivity contribution in [1.29, 1.82) is 0 Å². The Hall–Kier alpha value is -1.81. The highest BCUT2D eigenvalue weighted by Gasteiger charge is 2.15. The Morgan fingerprint density at radius 2 is 1.90 bits per heavy atom. The van der Waals surface area contributed by atoms with E-state index in [4.69, 9.17) is 17.3 Å². The van der Waals surface area contributed by atoms with Gasteiger partial charge in [0, 0.05) is 13.1 Å². The van der Waals surface area contributed by atoms with E-state index in [1.807, 2.05) is 25.1 Å². The molecule has 0 aliphatic rings. The number of rotatable bonds is 5. The lowest BCUT2D eigenvalue weighted by Gasteiger charge is -2.25. The molecule has 0 radical (unpaired) electrons. The Bertz CT molecular complexity index is 572. The summed E-state index contributed by atoms with van der Waals surface area (Å²) >= 11 is 5.96. The fourth-order valence-electron chi connectivity index (χ4n) is 2.11. The number of nitrogens with zero attached hydrogens (tertiary/aromatic N) is 3. The minimum atomic E-state index is 0.237. The minimum absolute atomic E-state index is 0.237. The van der Waals surface area contributed by atoms with E-state index in [0.29, 0.717) is 17.2 Å². The molecule has 5 heteroatoms. The standard InChI is InChI=1S/C15H19ClN4/c1-3-9-20(10-12-7-5-4-6-8-12)14-13(17)11(2)18-15(16)19-14/h4-8H,3,9-10,17H2,1-2H3. The zero-order chi connectivity index (χ0) is 14.5. The number of aryl methyl sites for hydroxylation is 1. The molecule has 0 saturated carbocycles. The molecule has 0 atom stereocenters. The van der Waals surface area contributed by atoms with Crippen LogP contribution >= 0.6 is 11.6 Å². The summed E-state index contributed by atoms with van der Waals surface area (Å²) in [6, 6.07) is 10.2. The largest absolute Gasteiger partial charge is 0.394 e. The van der Waals surface area contributed by atoms with E-state index in [9.17, 15) is 0 Å². The van der Waals surface area contributed by atoms with Gasteiger partial charge in [0.25, 0.3) is 0 Å². The summed E-state index contributed by atoms with van der Waals surface area (Å²) in [5, 5.41) is 0.237. The van der Waals surface area contributed by atoms with Crippen LogP contribution in [0, 0.1) is 6.92 Å². The summed E-state index contributed by atoms with van der Waals surface area (Å²) in [6.07, 6.45) is 1.01. The monoisotopic (exact) mass is 290 g/mol. The third kappa shape index (κ3) is 3.39. The van der Waals surface area contributed by atoms with E-state index in [-0.39, 0.29) is 5.28 Å². The van der Waals surface area contributed by atoms with Gasteiger partial charge in [-0.05, 0) is 30.5 Å². The molecule has 0 aliphatic heterocycles. The molecular formula is C15H19ClN4. The van der Waals surface area contributed by atoms with Gasteiger partial charge in [-0.3, -0.25) is 0 Å². The van der Waals surface area contributed by atoms with Crippen molar-refractivity contribution in [1.82, 2.24) is 9.97 Å². The van der Waals surface area contributed by atoms with Crippen LogP contribution < -0.4 is 10.6 Å². The first-order valence-corrected chi connectivity index (χ1v) is 7.08. The van der Waals surface area contributed by atoms with E-state index < -0.39 is 0 Å². The lowest BCUT2D eigenvalue weighted by atomic mass is 10.2. The molecule has 2 rings (SSSR count). The number of benzene rings is 1. The summed E-state index contributed by atoms with van der Waals surface area (Å²) in [7, 11) is 0. The topological polar surface area (TPSA) is 55.0 Å². The van der Waals surface area contributed by atoms with Gasteiger partial charge in [-0.25, -0.2) is 4.98 Å². The highest BCUT2D eigenvalue weighted by molar-refractivity contribution is 6.28. The van der Waals surface area contributed by atoms with Gasteiger partial charge in [0.1, 0.15) is 0 Å². The molecule has 1 heterocycles. The number of hydrogen-bond donors (Lipinski definition) is 1. The zero-order valence-electron chi connectivity index (χ0n) is 11.8. The molecule has 0 fully saturated rings. The number of nitrogens with two attached hydrogens (primary N) is 1. The second kappa shape index (κ2) is 6.57. The smallest absolute Gasteiger partial charge is 0.224 e. The van der Waals surface area contributed by atoms with Crippen LogP contribution in [0.4, 0.5) is 11.5 Å². The number of aromatic nitrogens is 2. The van der Waals surface area contributed by atoms with Crippen molar-refractivity contribution in [3.05, 3.63) is 46.9 Å². The van der Waals surface area contributed by atoms with Crippen LogP contribution in [0.1, 0.15) is 24.6 Å². The van der Waals surface area contributed by atoms with Crippen LogP contribution in [0.3, 0.4) is 0 Å². The molecule has 2 N–H and O–H groups in total. The van der Waals surface area contributed by atoms with Gasteiger partial charge in [0.05, 0.1) is 11.4 Å².